The molecule has 2 atom stereocenters. The van der Waals surface area contributed by atoms with Gasteiger partial charge in [0.15, 0.2) is 0 Å². The molecule has 1 saturated heterocycles. The third-order valence-corrected chi connectivity index (χ3v) is 4.53. The monoisotopic (exact) mass is 339 g/mol. The molecule has 3 rings (SSSR count). The van der Waals surface area contributed by atoms with E-state index in [1.54, 1.807) is 4.90 Å². The van der Waals surface area contributed by atoms with Crippen molar-refractivity contribution in [1.29, 1.82) is 5.26 Å². The molecule has 0 saturated carbocycles. The molecule has 0 radical (unpaired) electrons. The van der Waals surface area contributed by atoms with Gasteiger partial charge in [-0.2, -0.15) is 5.26 Å². The number of hydrogen-bond acceptors (Lipinski definition) is 4. The first-order chi connectivity index (χ1) is 12.0. The lowest BCUT2D eigenvalue weighted by atomic mass is 10.0. The maximum atomic E-state index is 12.6. The van der Waals surface area contributed by atoms with Gasteiger partial charge in [-0.05, 0) is 43.0 Å². The minimum absolute atomic E-state index is 0.139. The fourth-order valence-corrected chi connectivity index (χ4v) is 3.33. The van der Waals surface area contributed by atoms with E-state index in [4.69, 9.17) is 11.0 Å². The minimum Gasteiger partial charge on any atom is -0.361 e. The zero-order chi connectivity index (χ0) is 18.0. The Kier molecular flexibility index (Phi) is 4.72. The van der Waals surface area contributed by atoms with Crippen LogP contribution < -0.4 is 11.1 Å². The summed E-state index contributed by atoms with van der Waals surface area (Å²) in [5.41, 5.74) is 8.66. The molecule has 0 bridgehead atoms. The number of anilines is 1. The lowest BCUT2D eigenvalue weighted by molar-refractivity contribution is -0.132. The second kappa shape index (κ2) is 6.95. The van der Waals surface area contributed by atoms with Crippen molar-refractivity contribution < 1.29 is 9.59 Å². The summed E-state index contributed by atoms with van der Waals surface area (Å²) < 4.78 is 0. The van der Waals surface area contributed by atoms with Gasteiger partial charge in [-0.25, -0.2) is 0 Å². The zero-order valence-electron chi connectivity index (χ0n) is 14.1. The fraction of sp³-hybridized carbons (Fsp3) is 0.389. The van der Waals surface area contributed by atoms with Crippen molar-refractivity contribution in [1.82, 2.24) is 9.88 Å². The summed E-state index contributed by atoms with van der Waals surface area (Å²) in [6.45, 7) is 2.05. The summed E-state index contributed by atoms with van der Waals surface area (Å²) in [5.74, 6) is -0.323. The molecule has 7 nitrogen and oxygen atoms in total. The molecule has 1 aliphatic rings. The highest BCUT2D eigenvalue weighted by atomic mass is 16.2. The molecule has 1 aromatic heterocycles. The summed E-state index contributed by atoms with van der Waals surface area (Å²) in [6, 6.07) is 6.67. The van der Waals surface area contributed by atoms with Crippen LogP contribution in [0.4, 0.5) is 5.69 Å². The van der Waals surface area contributed by atoms with Crippen LogP contribution in [-0.2, 0) is 16.0 Å². The Balaban J connectivity index is 1.79. The van der Waals surface area contributed by atoms with Crippen molar-refractivity contribution >= 4 is 28.4 Å². The van der Waals surface area contributed by atoms with E-state index in [2.05, 4.69) is 16.4 Å². The molecule has 7 heteroatoms. The maximum Gasteiger partial charge on any atom is 0.240 e. The summed E-state index contributed by atoms with van der Waals surface area (Å²) in [5, 5.41) is 12.8. The van der Waals surface area contributed by atoms with Crippen LogP contribution in [0.3, 0.4) is 0 Å². The fourth-order valence-electron chi connectivity index (χ4n) is 3.33. The second-order valence-electron chi connectivity index (χ2n) is 6.38. The molecule has 25 heavy (non-hydrogen) atoms. The van der Waals surface area contributed by atoms with E-state index in [0.717, 1.165) is 22.9 Å². The van der Waals surface area contributed by atoms with Crippen LogP contribution in [-0.4, -0.2) is 40.3 Å². The first-order valence-electron chi connectivity index (χ1n) is 8.33. The molecule has 130 valence electrons. The zero-order valence-corrected chi connectivity index (χ0v) is 14.1. The number of nitriles is 1. The van der Waals surface area contributed by atoms with Gasteiger partial charge in [-0.3, -0.25) is 9.59 Å². The summed E-state index contributed by atoms with van der Waals surface area (Å²) >= 11 is 0. The van der Waals surface area contributed by atoms with Crippen LogP contribution in [0.1, 0.15) is 25.3 Å². The van der Waals surface area contributed by atoms with E-state index in [1.165, 1.54) is 6.92 Å². The Hall–Kier alpha value is -2.85. The van der Waals surface area contributed by atoms with Crippen LogP contribution in [0.2, 0.25) is 0 Å². The van der Waals surface area contributed by atoms with Gasteiger partial charge in [0.25, 0.3) is 0 Å². The first-order valence-corrected chi connectivity index (χ1v) is 8.33. The van der Waals surface area contributed by atoms with Crippen molar-refractivity contribution in [2.24, 2.45) is 5.73 Å². The molecular weight excluding hydrogens is 318 g/mol. The molecule has 2 heterocycles. The number of likely N-dealkylation sites (tertiary alicyclic amines) is 1. The quantitative estimate of drug-likeness (QED) is 0.783. The second-order valence-corrected chi connectivity index (χ2v) is 6.38. The molecular formula is C18H21N5O2. The Morgan fingerprint density at radius 2 is 2.32 bits per heavy atom. The molecule has 0 spiro atoms. The summed E-state index contributed by atoms with van der Waals surface area (Å²) in [4.78, 5) is 28.5. The highest BCUT2D eigenvalue weighted by Gasteiger charge is 2.31. The standard InChI is InChI=1S/C18H21N5O2/c1-11(24)22-13-4-5-17-15(8-13)12(10-21-17)7-16(20)18(25)23-6-2-3-14(23)9-19/h4-5,8,10,14,16,21H,2-3,6-7,20H2,1H3,(H,22,24)/t14-,16-/m0/s1. The number of fused-ring (bicyclic) bond motifs is 1. The number of rotatable bonds is 4. The molecule has 0 unspecified atom stereocenters. The molecule has 2 aromatic rings. The van der Waals surface area contributed by atoms with Gasteiger partial charge in [-0.1, -0.05) is 0 Å². The average molecular weight is 339 g/mol. The predicted molar refractivity (Wildman–Crippen MR) is 94.6 cm³/mol. The normalized spacial score (nSPS) is 18.1. The molecule has 4 N–H and O–H groups in total. The molecule has 1 aliphatic heterocycles. The number of nitrogens with zero attached hydrogens (tertiary/aromatic N) is 2. The van der Waals surface area contributed by atoms with Crippen LogP contribution in [0.5, 0.6) is 0 Å². The number of amides is 2. The third-order valence-electron chi connectivity index (χ3n) is 4.53. The highest BCUT2D eigenvalue weighted by Crippen LogP contribution is 2.24. The smallest absolute Gasteiger partial charge is 0.240 e. The molecule has 1 aromatic carbocycles. The van der Waals surface area contributed by atoms with Gasteiger partial charge in [0.05, 0.1) is 12.1 Å². The van der Waals surface area contributed by atoms with E-state index in [9.17, 15) is 9.59 Å². The van der Waals surface area contributed by atoms with Crippen LogP contribution in [0.15, 0.2) is 24.4 Å². The third kappa shape index (κ3) is 3.49. The van der Waals surface area contributed by atoms with E-state index < -0.39 is 6.04 Å². The van der Waals surface area contributed by atoms with Crippen molar-refractivity contribution in [3.63, 3.8) is 0 Å². The van der Waals surface area contributed by atoms with Crippen LogP contribution >= 0.6 is 0 Å². The number of nitrogens with two attached hydrogens (primary N) is 1. The Labute approximate surface area is 145 Å². The van der Waals surface area contributed by atoms with Crippen molar-refractivity contribution in [3.8, 4) is 6.07 Å². The number of nitrogens with one attached hydrogen (secondary N) is 2. The Morgan fingerprint density at radius 1 is 1.52 bits per heavy atom. The topological polar surface area (TPSA) is 115 Å². The van der Waals surface area contributed by atoms with Gasteiger partial charge in [-0.15, -0.1) is 0 Å². The van der Waals surface area contributed by atoms with Gasteiger partial charge in [0, 0.05) is 36.3 Å². The van der Waals surface area contributed by atoms with Crippen LogP contribution in [0, 0.1) is 11.3 Å². The number of benzene rings is 1. The lowest BCUT2D eigenvalue weighted by Crippen LogP contribution is -2.46. The largest absolute Gasteiger partial charge is 0.361 e. The van der Waals surface area contributed by atoms with Gasteiger partial charge in [0.1, 0.15) is 6.04 Å². The Morgan fingerprint density at radius 3 is 3.04 bits per heavy atom. The van der Waals surface area contributed by atoms with Gasteiger partial charge < -0.3 is 20.9 Å². The van der Waals surface area contributed by atoms with Gasteiger partial charge >= 0.3 is 0 Å². The Bertz CT molecular complexity index is 851. The summed E-state index contributed by atoms with van der Waals surface area (Å²) in [6.07, 6.45) is 3.75. The number of carbonyl (C=O) groups excluding carboxylic acids is 2. The molecule has 1 fully saturated rings. The number of aromatic nitrogens is 1. The van der Waals surface area contributed by atoms with E-state index in [1.807, 2.05) is 24.4 Å². The molecule has 0 aliphatic carbocycles. The van der Waals surface area contributed by atoms with Crippen molar-refractivity contribution in [2.45, 2.75) is 38.3 Å². The number of H-pyrrole nitrogens is 1. The van der Waals surface area contributed by atoms with E-state index in [-0.39, 0.29) is 17.9 Å². The minimum atomic E-state index is -0.697. The van der Waals surface area contributed by atoms with E-state index >= 15 is 0 Å². The predicted octanol–water partition coefficient (Wildman–Crippen LogP) is 1.51. The number of aromatic amines is 1. The van der Waals surface area contributed by atoms with E-state index in [0.29, 0.717) is 25.1 Å². The summed E-state index contributed by atoms with van der Waals surface area (Å²) in [7, 11) is 0. The SMILES string of the molecule is CC(=O)Nc1ccc2[nH]cc(C[C@H](N)C(=O)N3CCC[C@H]3C#N)c2c1. The highest BCUT2D eigenvalue weighted by molar-refractivity contribution is 5.94. The number of carbonyl (C=O) groups is 2. The van der Waals surface area contributed by atoms with Crippen molar-refractivity contribution in [3.05, 3.63) is 30.0 Å². The maximum absolute atomic E-state index is 12.6. The van der Waals surface area contributed by atoms with Gasteiger partial charge in [0.2, 0.25) is 11.8 Å². The molecule has 2 amide bonds. The van der Waals surface area contributed by atoms with Crippen LogP contribution in [0.25, 0.3) is 10.9 Å². The number of hydrogen-bond donors (Lipinski definition) is 3. The average Bonchev–Trinajstić information content (AvgIpc) is 3.20. The lowest BCUT2D eigenvalue weighted by Gasteiger charge is -2.23. The van der Waals surface area contributed by atoms with Crippen molar-refractivity contribution in [2.75, 3.05) is 11.9 Å². The first kappa shape index (κ1) is 17.0.